The standard InChI is InChI=1S/C17H17N3O5S/c21-17(20-12-1-2-14-15(8-12)25-10-24-14)11-3-5-18-16(7-11)19-13-4-6-26(22,23)9-13/h1-3,5,7-8,13H,4,6,9-10H2,(H,18,19)(H,20,21). The molecule has 8 nitrogen and oxygen atoms in total. The monoisotopic (exact) mass is 375 g/mol. The average Bonchev–Trinajstić information content (AvgIpc) is 3.20. The molecule has 0 bridgehead atoms. The molecule has 1 saturated heterocycles. The highest BCUT2D eigenvalue weighted by Crippen LogP contribution is 2.34. The second kappa shape index (κ2) is 6.49. The fourth-order valence-electron chi connectivity index (χ4n) is 2.95. The molecule has 3 heterocycles. The summed E-state index contributed by atoms with van der Waals surface area (Å²) in [6.45, 7) is 0.170. The van der Waals surface area contributed by atoms with Crippen LogP contribution in [-0.4, -0.2) is 43.6 Å². The number of hydrogen-bond acceptors (Lipinski definition) is 7. The number of fused-ring (bicyclic) bond motifs is 1. The lowest BCUT2D eigenvalue weighted by Gasteiger charge is -2.12. The highest BCUT2D eigenvalue weighted by Gasteiger charge is 2.28. The minimum atomic E-state index is -2.98. The van der Waals surface area contributed by atoms with E-state index in [1.54, 1.807) is 30.3 Å². The number of rotatable bonds is 4. The van der Waals surface area contributed by atoms with Crippen molar-refractivity contribution < 1.29 is 22.7 Å². The van der Waals surface area contributed by atoms with E-state index < -0.39 is 9.84 Å². The van der Waals surface area contributed by atoms with Crippen molar-refractivity contribution in [2.24, 2.45) is 0 Å². The summed E-state index contributed by atoms with van der Waals surface area (Å²) in [6, 6.07) is 8.18. The van der Waals surface area contributed by atoms with Crippen molar-refractivity contribution in [1.82, 2.24) is 4.98 Å². The Hall–Kier alpha value is -2.81. The second-order valence-corrected chi connectivity index (χ2v) is 8.42. The van der Waals surface area contributed by atoms with Gasteiger partial charge in [0.15, 0.2) is 21.3 Å². The predicted octanol–water partition coefficient (Wildman–Crippen LogP) is 1.66. The van der Waals surface area contributed by atoms with Crippen LogP contribution in [0.15, 0.2) is 36.5 Å². The Kier molecular flexibility index (Phi) is 4.15. The quantitative estimate of drug-likeness (QED) is 0.837. The molecule has 4 rings (SSSR count). The number of sulfone groups is 1. The Morgan fingerprint density at radius 1 is 1.15 bits per heavy atom. The summed E-state index contributed by atoms with van der Waals surface area (Å²) < 4.78 is 33.6. The Bertz CT molecular complexity index is 961. The van der Waals surface area contributed by atoms with Gasteiger partial charge in [-0.2, -0.15) is 0 Å². The zero-order valence-corrected chi connectivity index (χ0v) is 14.6. The molecule has 1 aromatic carbocycles. The number of aromatic nitrogens is 1. The van der Waals surface area contributed by atoms with E-state index in [-0.39, 0.29) is 30.2 Å². The minimum absolute atomic E-state index is 0.0856. The Morgan fingerprint density at radius 3 is 2.81 bits per heavy atom. The molecule has 1 fully saturated rings. The van der Waals surface area contributed by atoms with E-state index in [0.29, 0.717) is 35.0 Å². The van der Waals surface area contributed by atoms with Crippen molar-refractivity contribution in [3.8, 4) is 11.5 Å². The number of ether oxygens (including phenoxy) is 2. The lowest BCUT2D eigenvalue weighted by Crippen LogP contribution is -2.21. The van der Waals surface area contributed by atoms with E-state index in [4.69, 9.17) is 9.47 Å². The highest BCUT2D eigenvalue weighted by molar-refractivity contribution is 7.91. The van der Waals surface area contributed by atoms with Gasteiger partial charge >= 0.3 is 0 Å². The molecule has 2 aliphatic heterocycles. The van der Waals surface area contributed by atoms with Gasteiger partial charge in [-0.3, -0.25) is 4.79 Å². The van der Waals surface area contributed by atoms with Crippen molar-refractivity contribution >= 4 is 27.2 Å². The third kappa shape index (κ3) is 3.57. The summed E-state index contributed by atoms with van der Waals surface area (Å²) in [5.41, 5.74) is 1.01. The van der Waals surface area contributed by atoms with E-state index >= 15 is 0 Å². The summed E-state index contributed by atoms with van der Waals surface area (Å²) in [4.78, 5) is 16.6. The van der Waals surface area contributed by atoms with E-state index in [0.717, 1.165) is 0 Å². The summed E-state index contributed by atoms with van der Waals surface area (Å²) in [5, 5.41) is 5.88. The smallest absolute Gasteiger partial charge is 0.255 e. The number of carbonyl (C=O) groups is 1. The molecule has 26 heavy (non-hydrogen) atoms. The summed E-state index contributed by atoms with van der Waals surface area (Å²) in [6.07, 6.45) is 2.05. The Morgan fingerprint density at radius 2 is 2.00 bits per heavy atom. The van der Waals surface area contributed by atoms with Crippen LogP contribution in [0.3, 0.4) is 0 Å². The van der Waals surface area contributed by atoms with Gasteiger partial charge in [0.2, 0.25) is 6.79 Å². The molecule has 0 aliphatic carbocycles. The molecule has 0 spiro atoms. The van der Waals surface area contributed by atoms with Crippen LogP contribution in [-0.2, 0) is 9.84 Å². The Labute approximate surface area is 150 Å². The van der Waals surface area contributed by atoms with Gasteiger partial charge in [0.1, 0.15) is 5.82 Å². The number of carbonyl (C=O) groups excluding carboxylic acids is 1. The van der Waals surface area contributed by atoms with Crippen molar-refractivity contribution in [2.45, 2.75) is 12.5 Å². The van der Waals surface area contributed by atoms with E-state index in [1.165, 1.54) is 6.20 Å². The highest BCUT2D eigenvalue weighted by atomic mass is 32.2. The van der Waals surface area contributed by atoms with E-state index in [9.17, 15) is 13.2 Å². The number of nitrogens with one attached hydrogen (secondary N) is 2. The molecular formula is C17H17N3O5S. The SMILES string of the molecule is O=C(Nc1ccc2c(c1)OCO2)c1ccnc(NC2CCS(=O)(=O)C2)c1. The number of nitrogens with zero attached hydrogens (tertiary/aromatic N) is 1. The van der Waals surface area contributed by atoms with Crippen molar-refractivity contribution in [1.29, 1.82) is 0 Å². The normalized spacial score (nSPS) is 19.9. The number of benzene rings is 1. The van der Waals surface area contributed by atoms with E-state index in [2.05, 4.69) is 15.6 Å². The topological polar surface area (TPSA) is 107 Å². The predicted molar refractivity (Wildman–Crippen MR) is 95.4 cm³/mol. The lowest BCUT2D eigenvalue weighted by atomic mass is 10.2. The first kappa shape index (κ1) is 16.6. The number of pyridine rings is 1. The van der Waals surface area contributed by atoms with E-state index in [1.807, 2.05) is 0 Å². The molecule has 1 atom stereocenters. The molecule has 2 N–H and O–H groups in total. The van der Waals surface area contributed by atoms with Gasteiger partial charge in [-0.05, 0) is 30.7 Å². The summed E-state index contributed by atoms with van der Waals surface area (Å²) in [7, 11) is -2.98. The lowest BCUT2D eigenvalue weighted by molar-refractivity contribution is 0.102. The maximum atomic E-state index is 12.5. The van der Waals surface area contributed by atoms with Crippen molar-refractivity contribution in [3.63, 3.8) is 0 Å². The van der Waals surface area contributed by atoms with Crippen molar-refractivity contribution in [3.05, 3.63) is 42.1 Å². The minimum Gasteiger partial charge on any atom is -0.454 e. The van der Waals surface area contributed by atoms with Crippen LogP contribution >= 0.6 is 0 Å². The zero-order chi connectivity index (χ0) is 18.1. The number of amides is 1. The average molecular weight is 375 g/mol. The molecule has 1 aromatic heterocycles. The molecule has 0 radical (unpaired) electrons. The largest absolute Gasteiger partial charge is 0.454 e. The third-order valence-corrected chi connectivity index (χ3v) is 6.00. The second-order valence-electron chi connectivity index (χ2n) is 6.20. The van der Waals surface area contributed by atoms with Gasteiger partial charge in [0, 0.05) is 29.6 Å². The van der Waals surface area contributed by atoms with Crippen LogP contribution in [0.25, 0.3) is 0 Å². The first-order chi connectivity index (χ1) is 12.5. The fourth-order valence-corrected chi connectivity index (χ4v) is 4.62. The molecular weight excluding hydrogens is 358 g/mol. The van der Waals surface area contributed by atoms with Gasteiger partial charge < -0.3 is 20.1 Å². The molecule has 9 heteroatoms. The molecule has 1 unspecified atom stereocenters. The van der Waals surface area contributed by atoms with Gasteiger partial charge in [-0.25, -0.2) is 13.4 Å². The van der Waals surface area contributed by atoms with Crippen LogP contribution in [0, 0.1) is 0 Å². The number of hydrogen-bond donors (Lipinski definition) is 2. The van der Waals surface area contributed by atoms with Gasteiger partial charge in [0.05, 0.1) is 11.5 Å². The van der Waals surface area contributed by atoms with Gasteiger partial charge in [-0.15, -0.1) is 0 Å². The van der Waals surface area contributed by atoms with Gasteiger partial charge in [0.25, 0.3) is 5.91 Å². The first-order valence-electron chi connectivity index (χ1n) is 8.12. The van der Waals surface area contributed by atoms with Crippen LogP contribution in [0.5, 0.6) is 11.5 Å². The summed E-state index contributed by atoms with van der Waals surface area (Å²) >= 11 is 0. The third-order valence-electron chi connectivity index (χ3n) is 4.24. The molecule has 2 aliphatic rings. The maximum absolute atomic E-state index is 12.5. The van der Waals surface area contributed by atoms with Crippen LogP contribution in [0.1, 0.15) is 16.8 Å². The molecule has 0 saturated carbocycles. The zero-order valence-electron chi connectivity index (χ0n) is 13.8. The molecule has 2 aromatic rings. The Balaban J connectivity index is 1.45. The molecule has 1 amide bonds. The van der Waals surface area contributed by atoms with Crippen LogP contribution in [0.2, 0.25) is 0 Å². The maximum Gasteiger partial charge on any atom is 0.255 e. The van der Waals surface area contributed by atoms with Gasteiger partial charge in [-0.1, -0.05) is 0 Å². The van der Waals surface area contributed by atoms with Crippen molar-refractivity contribution in [2.75, 3.05) is 28.9 Å². The van der Waals surface area contributed by atoms with Crippen LogP contribution in [0.4, 0.5) is 11.5 Å². The number of anilines is 2. The fraction of sp³-hybridized carbons (Fsp3) is 0.294. The molecule has 136 valence electrons. The van der Waals surface area contributed by atoms with Crippen LogP contribution < -0.4 is 20.1 Å². The summed E-state index contributed by atoms with van der Waals surface area (Å²) in [5.74, 6) is 1.67. The first-order valence-corrected chi connectivity index (χ1v) is 9.95.